The number of halogens is 2. The molecule has 0 spiro atoms. The van der Waals surface area contributed by atoms with E-state index in [1.54, 1.807) is 76.9 Å². The molecule has 52 heavy (non-hydrogen) atoms. The molecule has 21 heteroatoms. The van der Waals surface area contributed by atoms with Crippen molar-refractivity contribution in [2.75, 3.05) is 17.8 Å². The highest BCUT2D eigenvalue weighted by Gasteiger charge is 2.27. The zero-order valence-corrected chi connectivity index (χ0v) is 31.3. The molecular formula is C31H34BrFN12O5S2. The van der Waals surface area contributed by atoms with Gasteiger partial charge in [-0.3, -0.25) is 14.0 Å². The minimum absolute atomic E-state index is 0.172. The average molecular weight is 819 g/mol. The number of hydrogen-bond acceptors (Lipinski definition) is 17. The molecule has 0 aliphatic heterocycles. The van der Waals surface area contributed by atoms with Gasteiger partial charge in [0.1, 0.15) is 28.9 Å². The first-order valence-electron chi connectivity index (χ1n) is 15.4. The number of nitrogens with one attached hydrogen (secondary N) is 2. The fourth-order valence-electron chi connectivity index (χ4n) is 3.28. The van der Waals surface area contributed by atoms with Crippen LogP contribution in [0.25, 0.3) is 11.4 Å². The number of carbonyl (C=O) groups excluding carboxylic acids is 3. The molecule has 0 amide bonds. The lowest BCUT2D eigenvalue weighted by atomic mass is 10.2. The van der Waals surface area contributed by atoms with Gasteiger partial charge < -0.3 is 25.8 Å². The summed E-state index contributed by atoms with van der Waals surface area (Å²) in [5.74, 6) is -0.677. The number of thiocarbonyl (C=S) groups is 1. The second-order valence-corrected chi connectivity index (χ2v) is 12.2. The Labute approximate surface area is 317 Å². The summed E-state index contributed by atoms with van der Waals surface area (Å²) in [7, 11) is -1.00. The highest BCUT2D eigenvalue weighted by molar-refractivity contribution is 9.10. The number of nitrogens with zero attached hydrogens (tertiary/aromatic N) is 9. The summed E-state index contributed by atoms with van der Waals surface area (Å²) in [6, 6.07) is 6.55. The van der Waals surface area contributed by atoms with Gasteiger partial charge in [-0.05, 0) is 64.2 Å². The van der Waals surface area contributed by atoms with Crippen molar-refractivity contribution in [1.82, 2.24) is 44.9 Å². The van der Waals surface area contributed by atoms with E-state index < -0.39 is 29.7 Å². The van der Waals surface area contributed by atoms with Gasteiger partial charge in [0.25, 0.3) is 0 Å². The van der Waals surface area contributed by atoms with Gasteiger partial charge in [-0.2, -0.15) is 0 Å². The molecule has 17 nitrogen and oxygen atoms in total. The standard InChI is InChI=1S/C15H14N6O2S.C10H11BrN2O3.C5H6N4S.CH3F/c1-9(2)23-13(22)12-11(10-4-7-16-8-19-10)20-15(24-12)21-14-17-5-3-6-18-14;1-6(2)16-10(15)8(11)9(14)7-3-4-12-5-13-7;6-4(10)9-5-7-2-1-3-8-5;1-2/h3-9H,1-2H3,(H,17,18,20,21);3-6,8H,1-2H3;1-3H,(H3,6,7,8,9,10);1H3/i;;;1D. The van der Waals surface area contributed by atoms with Crippen molar-refractivity contribution in [1.29, 1.82) is 0 Å². The molecule has 0 radical (unpaired) electrons. The smallest absolute Gasteiger partial charge is 0.351 e. The number of ketones is 1. The van der Waals surface area contributed by atoms with Gasteiger partial charge >= 0.3 is 11.9 Å². The molecule has 5 aromatic rings. The van der Waals surface area contributed by atoms with Crippen LogP contribution in [0.4, 0.5) is 21.4 Å². The second kappa shape index (κ2) is 23.0. The maximum Gasteiger partial charge on any atom is 0.351 e. The zero-order valence-electron chi connectivity index (χ0n) is 29.1. The molecule has 5 aromatic heterocycles. The Hall–Kier alpha value is -5.54. The van der Waals surface area contributed by atoms with E-state index >= 15 is 0 Å². The van der Waals surface area contributed by atoms with Crippen LogP contribution < -0.4 is 16.4 Å². The largest absolute Gasteiger partial charge is 0.462 e. The fourth-order valence-corrected chi connectivity index (χ4v) is 4.57. The summed E-state index contributed by atoms with van der Waals surface area (Å²) in [6.07, 6.45) is 11.6. The lowest BCUT2D eigenvalue weighted by Crippen LogP contribution is -2.29. The van der Waals surface area contributed by atoms with Crippen LogP contribution in [-0.4, -0.2) is 91.9 Å². The Bertz CT molecular complexity index is 1860. The van der Waals surface area contributed by atoms with Gasteiger partial charge in [0, 0.05) is 37.2 Å². The molecule has 1 atom stereocenters. The molecule has 5 heterocycles. The lowest BCUT2D eigenvalue weighted by molar-refractivity contribution is -0.145. The van der Waals surface area contributed by atoms with E-state index in [1.165, 1.54) is 24.9 Å². The third kappa shape index (κ3) is 15.1. The van der Waals surface area contributed by atoms with Crippen molar-refractivity contribution < 1.29 is 29.6 Å². The monoisotopic (exact) mass is 817 g/mol. The highest BCUT2D eigenvalue weighted by atomic mass is 79.9. The summed E-state index contributed by atoms with van der Waals surface area (Å²) in [4.78, 5) is 70.6. The minimum Gasteiger partial charge on any atom is -0.462 e. The Kier molecular flexibility index (Phi) is 18.1. The number of esters is 2. The van der Waals surface area contributed by atoms with Gasteiger partial charge in [0.15, 0.2) is 15.1 Å². The fraction of sp³-hybridized carbons (Fsp3) is 0.258. The number of nitrogens with two attached hydrogens (primary N) is 1. The summed E-state index contributed by atoms with van der Waals surface area (Å²) < 4.78 is 25.7. The molecule has 0 bridgehead atoms. The van der Waals surface area contributed by atoms with Gasteiger partial charge in [-0.1, -0.05) is 27.3 Å². The lowest BCUT2D eigenvalue weighted by Gasteiger charge is -2.11. The van der Waals surface area contributed by atoms with Gasteiger partial charge in [-0.25, -0.2) is 49.7 Å². The highest BCUT2D eigenvalue weighted by Crippen LogP contribution is 2.32. The van der Waals surface area contributed by atoms with Crippen LogP contribution in [0.1, 0.15) is 49.2 Å². The summed E-state index contributed by atoms with van der Waals surface area (Å²) in [6.45, 7) is 7.01. The number of thiazole rings is 1. The SMILES string of the molecule is CC(C)OC(=O)C(Br)C(=O)c1ccncn1.CC(C)OC(=O)c1sc(Nc2ncccn2)nc1-c1ccncn1.NC(=S)Nc1ncccn1.[2H]CF. The first kappa shape index (κ1) is 40.9. The maximum atomic E-state index is 12.4. The van der Waals surface area contributed by atoms with Crippen LogP contribution >= 0.6 is 39.5 Å². The zero-order chi connectivity index (χ0) is 39.2. The Morgan fingerprint density at radius 1 is 0.885 bits per heavy atom. The van der Waals surface area contributed by atoms with Crippen LogP contribution in [0.5, 0.6) is 0 Å². The van der Waals surface area contributed by atoms with Crippen molar-refractivity contribution in [2.24, 2.45) is 5.73 Å². The maximum absolute atomic E-state index is 12.4. The first-order valence-corrected chi connectivity index (χ1v) is 16.9. The van der Waals surface area contributed by atoms with Crippen molar-refractivity contribution in [3.8, 4) is 11.4 Å². The summed E-state index contributed by atoms with van der Waals surface area (Å²) >= 11 is 8.72. The van der Waals surface area contributed by atoms with Crippen molar-refractivity contribution >= 4 is 79.3 Å². The van der Waals surface area contributed by atoms with Gasteiger partial charge in [-0.15, -0.1) is 0 Å². The predicted molar refractivity (Wildman–Crippen MR) is 199 cm³/mol. The molecule has 4 N–H and O–H groups in total. The quantitative estimate of drug-likeness (QED) is 0.0565. The first-order chi connectivity index (χ1) is 25.4. The van der Waals surface area contributed by atoms with Crippen LogP contribution in [0.2, 0.25) is 0 Å². The molecule has 1 unspecified atom stereocenters. The van der Waals surface area contributed by atoms with Crippen LogP contribution in [-0.2, 0) is 14.3 Å². The van der Waals surface area contributed by atoms with E-state index in [0.29, 0.717) is 33.3 Å². The number of carbonyl (C=O) groups is 3. The summed E-state index contributed by atoms with van der Waals surface area (Å²) in [5.41, 5.74) is 6.32. The van der Waals surface area contributed by atoms with Crippen molar-refractivity contribution in [3.63, 3.8) is 0 Å². The molecule has 0 aromatic carbocycles. The number of rotatable bonds is 10. The summed E-state index contributed by atoms with van der Waals surface area (Å²) in [5, 5.41) is 6.22. The van der Waals surface area contributed by atoms with Crippen molar-refractivity contribution in [3.05, 3.63) is 84.7 Å². The minimum atomic E-state index is -1.02. The van der Waals surface area contributed by atoms with Gasteiger partial charge in [0.2, 0.25) is 17.7 Å². The van der Waals surface area contributed by atoms with Gasteiger partial charge in [0.05, 0.1) is 26.4 Å². The number of anilines is 3. The van der Waals surface area contributed by atoms with Crippen molar-refractivity contribution in [2.45, 2.75) is 44.7 Å². The predicted octanol–water partition coefficient (Wildman–Crippen LogP) is 4.79. The number of hydrogen-bond donors (Lipinski definition) is 3. The molecular weight excluding hydrogens is 783 g/mol. The van der Waals surface area contributed by atoms with E-state index in [-0.39, 0.29) is 23.0 Å². The van der Waals surface area contributed by atoms with Crippen LogP contribution in [0, 0.1) is 0 Å². The van der Waals surface area contributed by atoms with E-state index in [0.717, 1.165) is 11.3 Å². The average Bonchev–Trinajstić information content (AvgIpc) is 3.56. The normalized spacial score (nSPS) is 10.7. The molecule has 274 valence electrons. The van der Waals surface area contributed by atoms with E-state index in [9.17, 15) is 18.8 Å². The second-order valence-electron chi connectivity index (χ2n) is 9.81. The Balaban J connectivity index is 0.000000288. The molecule has 0 aliphatic rings. The number of aromatic nitrogens is 9. The number of alkyl halides is 2. The van der Waals surface area contributed by atoms with E-state index in [2.05, 4.69) is 83.6 Å². The molecule has 5 rings (SSSR count). The van der Waals surface area contributed by atoms with Crippen LogP contribution in [0.3, 0.4) is 0 Å². The molecule has 0 aliphatic carbocycles. The number of Topliss-reactive ketones (excluding diaryl/α,β-unsaturated/α-hetero) is 1. The topological polar surface area (TPSA) is 236 Å². The molecule has 0 saturated heterocycles. The third-order valence-corrected chi connectivity index (χ3v) is 7.03. The van der Waals surface area contributed by atoms with Crippen LogP contribution in [0.15, 0.2) is 74.1 Å². The van der Waals surface area contributed by atoms with E-state index in [4.69, 9.17) is 16.6 Å². The molecule has 0 fully saturated rings. The molecule has 0 saturated carbocycles. The third-order valence-electron chi connectivity index (χ3n) is 5.19. The van der Waals surface area contributed by atoms with E-state index in [1.807, 2.05) is 0 Å². The Morgan fingerprint density at radius 3 is 1.94 bits per heavy atom. The number of ether oxygens (including phenoxy) is 2. The Morgan fingerprint density at radius 2 is 1.44 bits per heavy atom.